The number of rotatable bonds is 9. The van der Waals surface area contributed by atoms with Crippen molar-refractivity contribution in [2.75, 3.05) is 32.4 Å². The third-order valence-corrected chi connectivity index (χ3v) is 8.16. The highest BCUT2D eigenvalue weighted by Gasteiger charge is 2.53. The quantitative estimate of drug-likeness (QED) is 0.268. The average Bonchev–Trinajstić information content (AvgIpc) is 3.22. The molecule has 0 aromatic heterocycles. The SMILES string of the molecule is C[N+]1(CCCSc2ccc(F)cc2)CCC(C(C(N)=O)(c2ccccc2)c2ccccc2)C1. The van der Waals surface area contributed by atoms with Gasteiger partial charge in [-0.25, -0.2) is 4.39 Å². The predicted molar refractivity (Wildman–Crippen MR) is 133 cm³/mol. The number of halogens is 1. The Morgan fingerprint density at radius 2 is 1.58 bits per heavy atom. The highest BCUT2D eigenvalue weighted by Crippen LogP contribution is 2.45. The zero-order valence-electron chi connectivity index (χ0n) is 19.1. The molecule has 3 aromatic rings. The van der Waals surface area contributed by atoms with Crippen molar-refractivity contribution in [1.82, 2.24) is 0 Å². The Kier molecular flexibility index (Phi) is 7.20. The molecule has 3 nitrogen and oxygen atoms in total. The minimum Gasteiger partial charge on any atom is -0.369 e. The summed E-state index contributed by atoms with van der Waals surface area (Å²) >= 11 is 1.77. The summed E-state index contributed by atoms with van der Waals surface area (Å²) < 4.78 is 14.1. The third kappa shape index (κ3) is 4.99. The number of carbonyl (C=O) groups is 1. The Labute approximate surface area is 200 Å². The van der Waals surface area contributed by atoms with Crippen LogP contribution in [0.25, 0.3) is 0 Å². The number of nitrogens with zero attached hydrogens (tertiary/aromatic N) is 1. The van der Waals surface area contributed by atoms with Crippen molar-refractivity contribution >= 4 is 17.7 Å². The number of carbonyl (C=O) groups excluding carboxylic acids is 1. The summed E-state index contributed by atoms with van der Waals surface area (Å²) in [6.45, 7) is 2.98. The molecule has 5 heteroatoms. The summed E-state index contributed by atoms with van der Waals surface area (Å²) in [5.41, 5.74) is 7.35. The van der Waals surface area contributed by atoms with Crippen molar-refractivity contribution < 1.29 is 13.7 Å². The van der Waals surface area contributed by atoms with E-state index in [1.807, 2.05) is 72.8 Å². The predicted octanol–water partition coefficient (Wildman–Crippen LogP) is 5.25. The fourth-order valence-electron chi connectivity index (χ4n) is 5.43. The van der Waals surface area contributed by atoms with Crippen LogP contribution in [0.4, 0.5) is 4.39 Å². The van der Waals surface area contributed by atoms with Crippen molar-refractivity contribution in [3.63, 3.8) is 0 Å². The molecule has 2 N–H and O–H groups in total. The smallest absolute Gasteiger partial charge is 0.233 e. The summed E-state index contributed by atoms with van der Waals surface area (Å²) in [5, 5.41) is 0. The average molecular weight is 464 g/mol. The first kappa shape index (κ1) is 23.5. The van der Waals surface area contributed by atoms with Gasteiger partial charge in [-0.2, -0.15) is 0 Å². The van der Waals surface area contributed by atoms with Gasteiger partial charge < -0.3 is 10.2 Å². The largest absolute Gasteiger partial charge is 0.369 e. The Bertz CT molecular complexity index is 1020. The van der Waals surface area contributed by atoms with Gasteiger partial charge in [0, 0.05) is 29.4 Å². The van der Waals surface area contributed by atoms with Crippen molar-refractivity contribution in [2.24, 2.45) is 11.7 Å². The van der Waals surface area contributed by atoms with Gasteiger partial charge >= 0.3 is 0 Å². The highest BCUT2D eigenvalue weighted by atomic mass is 32.2. The van der Waals surface area contributed by atoms with E-state index >= 15 is 0 Å². The molecule has 4 rings (SSSR count). The van der Waals surface area contributed by atoms with Crippen LogP contribution in [0.2, 0.25) is 0 Å². The molecule has 0 radical (unpaired) electrons. The first-order chi connectivity index (χ1) is 15.9. The van der Waals surface area contributed by atoms with Gasteiger partial charge in [0.25, 0.3) is 0 Å². The van der Waals surface area contributed by atoms with Crippen molar-refractivity contribution in [3.05, 3.63) is 102 Å². The van der Waals surface area contributed by atoms with E-state index in [-0.39, 0.29) is 17.6 Å². The minimum atomic E-state index is -0.832. The number of primary amides is 1. The zero-order valence-corrected chi connectivity index (χ0v) is 19.9. The molecule has 172 valence electrons. The molecule has 0 aliphatic carbocycles. The lowest BCUT2D eigenvalue weighted by Crippen LogP contribution is -2.51. The van der Waals surface area contributed by atoms with Gasteiger partial charge in [0.1, 0.15) is 11.2 Å². The van der Waals surface area contributed by atoms with Crippen molar-refractivity contribution in [1.29, 1.82) is 0 Å². The Morgan fingerprint density at radius 3 is 2.12 bits per heavy atom. The molecule has 1 aliphatic rings. The number of thioether (sulfide) groups is 1. The summed E-state index contributed by atoms with van der Waals surface area (Å²) in [7, 11) is 2.30. The van der Waals surface area contributed by atoms with Crippen LogP contribution in [0.5, 0.6) is 0 Å². The molecule has 2 unspecified atom stereocenters. The molecule has 1 amide bonds. The lowest BCUT2D eigenvalue weighted by molar-refractivity contribution is -0.899. The van der Waals surface area contributed by atoms with E-state index in [4.69, 9.17) is 5.73 Å². The molecular weight excluding hydrogens is 431 g/mol. The lowest BCUT2D eigenvalue weighted by Gasteiger charge is -2.38. The van der Waals surface area contributed by atoms with Crippen LogP contribution in [0.3, 0.4) is 0 Å². The number of benzene rings is 3. The number of likely N-dealkylation sites (tertiary alicyclic amines) is 1. The van der Waals surface area contributed by atoms with E-state index in [1.165, 1.54) is 12.1 Å². The van der Waals surface area contributed by atoms with E-state index in [0.29, 0.717) is 0 Å². The fourth-order valence-corrected chi connectivity index (χ4v) is 6.27. The number of amides is 1. The molecular formula is C28H32FN2OS+. The number of quaternary nitrogens is 1. The second kappa shape index (κ2) is 10.1. The van der Waals surface area contributed by atoms with Gasteiger partial charge in [0.15, 0.2) is 0 Å². The highest BCUT2D eigenvalue weighted by molar-refractivity contribution is 7.99. The van der Waals surface area contributed by atoms with Crippen molar-refractivity contribution in [3.8, 4) is 0 Å². The molecule has 0 bridgehead atoms. The van der Waals surface area contributed by atoms with E-state index in [0.717, 1.165) is 58.7 Å². The first-order valence-corrected chi connectivity index (χ1v) is 12.6. The van der Waals surface area contributed by atoms with Gasteiger partial charge in [-0.05, 0) is 35.4 Å². The third-order valence-electron chi connectivity index (χ3n) is 7.06. The van der Waals surface area contributed by atoms with E-state index in [2.05, 4.69) is 7.05 Å². The van der Waals surface area contributed by atoms with Gasteiger partial charge in [-0.15, -0.1) is 11.8 Å². The molecule has 33 heavy (non-hydrogen) atoms. The standard InChI is InChI=1S/C28H31FN2OS/c1-31(18-8-20-33-26-15-13-25(29)14-16-26)19-17-24(21-31)28(27(30)32,22-9-4-2-5-10-22)23-11-6-3-7-12-23/h2-7,9-16,24H,8,17-21H2,1H3,(H-,30,32)/p+1. The van der Waals surface area contributed by atoms with Crippen LogP contribution in [0.1, 0.15) is 24.0 Å². The molecule has 0 spiro atoms. The van der Waals surface area contributed by atoms with Crippen LogP contribution in [-0.4, -0.2) is 42.8 Å². The maximum atomic E-state index is 13.2. The lowest BCUT2D eigenvalue weighted by atomic mass is 9.64. The number of nitrogens with two attached hydrogens (primary N) is 1. The van der Waals surface area contributed by atoms with Crippen molar-refractivity contribution in [2.45, 2.75) is 23.2 Å². The fraction of sp³-hybridized carbons (Fsp3) is 0.321. The van der Waals surface area contributed by atoms with Gasteiger partial charge in [-0.3, -0.25) is 4.79 Å². The summed E-state index contributed by atoms with van der Waals surface area (Å²) in [4.78, 5) is 14.3. The van der Waals surface area contributed by atoms with Crippen LogP contribution >= 0.6 is 11.8 Å². The second-order valence-electron chi connectivity index (χ2n) is 9.30. The Morgan fingerprint density at radius 1 is 1.00 bits per heavy atom. The van der Waals surface area contributed by atoms with Crippen LogP contribution in [-0.2, 0) is 10.2 Å². The Hall–Kier alpha value is -2.63. The molecule has 2 atom stereocenters. The summed E-state index contributed by atoms with van der Waals surface area (Å²) in [5.74, 6) is 0.651. The molecule has 1 heterocycles. The molecule has 3 aromatic carbocycles. The van der Waals surface area contributed by atoms with Crippen LogP contribution in [0.15, 0.2) is 89.8 Å². The molecule has 1 fully saturated rings. The summed E-state index contributed by atoms with van der Waals surface area (Å²) in [6.07, 6.45) is 2.01. The van der Waals surface area contributed by atoms with E-state index in [9.17, 15) is 9.18 Å². The van der Waals surface area contributed by atoms with Gasteiger partial charge in [0.2, 0.25) is 5.91 Å². The molecule has 1 saturated heterocycles. The maximum Gasteiger partial charge on any atom is 0.233 e. The normalized spacial score (nSPS) is 20.6. The Balaban J connectivity index is 1.51. The van der Waals surface area contributed by atoms with Gasteiger partial charge in [-0.1, -0.05) is 60.7 Å². The van der Waals surface area contributed by atoms with Gasteiger partial charge in [0.05, 0.1) is 26.7 Å². The molecule has 1 aliphatic heterocycles. The van der Waals surface area contributed by atoms with Crippen LogP contribution in [0, 0.1) is 11.7 Å². The van der Waals surface area contributed by atoms with E-state index < -0.39 is 5.41 Å². The number of hydrogen-bond donors (Lipinski definition) is 1. The topological polar surface area (TPSA) is 43.1 Å². The monoisotopic (exact) mass is 463 g/mol. The van der Waals surface area contributed by atoms with E-state index in [1.54, 1.807) is 11.8 Å². The molecule has 0 saturated carbocycles. The summed E-state index contributed by atoms with van der Waals surface area (Å²) in [6, 6.07) is 26.8. The minimum absolute atomic E-state index is 0.134. The first-order valence-electron chi connectivity index (χ1n) is 11.6. The maximum absolute atomic E-state index is 13.2. The number of hydrogen-bond acceptors (Lipinski definition) is 2. The zero-order chi connectivity index (χ0) is 23.3. The second-order valence-corrected chi connectivity index (χ2v) is 10.5. The van der Waals surface area contributed by atoms with Crippen LogP contribution < -0.4 is 5.73 Å².